The molecule has 13 heavy (non-hydrogen) atoms. The third-order valence-electron chi connectivity index (χ3n) is 2.04. The van der Waals surface area contributed by atoms with Gasteiger partial charge in [-0.05, 0) is 12.8 Å². The monoisotopic (exact) mass is 191 g/mol. The van der Waals surface area contributed by atoms with Crippen LogP contribution >= 0.6 is 11.3 Å². The lowest BCUT2D eigenvalue weighted by atomic mass is 10.4. The van der Waals surface area contributed by atoms with E-state index in [2.05, 4.69) is 15.3 Å². The van der Waals surface area contributed by atoms with Crippen LogP contribution in [0, 0.1) is 5.38 Å². The average molecular weight is 191 g/mol. The summed E-state index contributed by atoms with van der Waals surface area (Å²) in [5, 5.41) is 4.28. The summed E-state index contributed by atoms with van der Waals surface area (Å²) in [7, 11) is 0. The number of hydrogen-bond donors (Lipinski definition) is 0. The number of nitrogens with zero attached hydrogens (tertiary/aromatic N) is 2. The molecule has 2 heterocycles. The summed E-state index contributed by atoms with van der Waals surface area (Å²) in [6.07, 6.45) is 5.72. The molecule has 2 aromatic rings. The molecule has 0 amide bonds. The van der Waals surface area contributed by atoms with Gasteiger partial charge in [-0.3, -0.25) is 0 Å². The lowest BCUT2D eigenvalue weighted by Crippen LogP contribution is -1.79. The number of thiazole rings is 1. The highest BCUT2D eigenvalue weighted by atomic mass is 32.1. The maximum Gasteiger partial charge on any atom is 0.246 e. The standard InChI is InChI=1S/C9H7N2OS/c1-2-6(1)9-11-7(5-13-9)8-10-3-4-12-8/h3-4,6H,1-2H2. The van der Waals surface area contributed by atoms with Crippen LogP contribution in [0.25, 0.3) is 11.6 Å². The van der Waals surface area contributed by atoms with Crippen LogP contribution < -0.4 is 0 Å². The normalized spacial score (nSPS) is 16.3. The van der Waals surface area contributed by atoms with Crippen molar-refractivity contribution in [1.29, 1.82) is 0 Å². The van der Waals surface area contributed by atoms with Gasteiger partial charge in [-0.2, -0.15) is 0 Å². The summed E-state index contributed by atoms with van der Waals surface area (Å²) < 4.78 is 5.13. The Morgan fingerprint density at radius 3 is 3.15 bits per heavy atom. The summed E-state index contributed by atoms with van der Waals surface area (Å²) in [6, 6.07) is 0. The Labute approximate surface area is 79.5 Å². The van der Waals surface area contributed by atoms with Gasteiger partial charge in [0.05, 0.1) is 16.6 Å². The third kappa shape index (κ3) is 1.27. The Kier molecular flexibility index (Phi) is 1.49. The van der Waals surface area contributed by atoms with Gasteiger partial charge < -0.3 is 4.42 Å². The molecule has 0 atom stereocenters. The van der Waals surface area contributed by atoms with Crippen molar-refractivity contribution in [2.45, 2.75) is 18.8 Å². The molecule has 1 aliphatic rings. The van der Waals surface area contributed by atoms with E-state index >= 15 is 0 Å². The number of rotatable bonds is 2. The van der Waals surface area contributed by atoms with E-state index in [4.69, 9.17) is 4.42 Å². The predicted octanol–water partition coefficient (Wildman–Crippen LogP) is 2.48. The fraction of sp³-hybridized carbons (Fsp3) is 0.333. The predicted molar refractivity (Wildman–Crippen MR) is 48.4 cm³/mol. The van der Waals surface area contributed by atoms with E-state index in [1.807, 2.05) is 0 Å². The van der Waals surface area contributed by atoms with Crippen LogP contribution in [0.15, 0.2) is 16.9 Å². The summed E-state index contributed by atoms with van der Waals surface area (Å²) in [6.45, 7) is 0. The second-order valence-electron chi connectivity index (χ2n) is 3.11. The van der Waals surface area contributed by atoms with E-state index in [1.54, 1.807) is 23.8 Å². The van der Waals surface area contributed by atoms with Crippen molar-refractivity contribution >= 4 is 11.3 Å². The first-order valence-electron chi connectivity index (χ1n) is 4.22. The molecule has 0 aliphatic heterocycles. The molecule has 0 aromatic carbocycles. The summed E-state index contributed by atoms with van der Waals surface area (Å²) in [5.41, 5.74) is 0.747. The Bertz CT molecular complexity index is 403. The lowest BCUT2D eigenvalue weighted by Gasteiger charge is -1.86. The van der Waals surface area contributed by atoms with E-state index in [1.165, 1.54) is 17.8 Å². The molecule has 1 saturated carbocycles. The Morgan fingerprint density at radius 2 is 2.46 bits per heavy atom. The molecule has 0 N–H and O–H groups in total. The molecule has 3 nitrogen and oxygen atoms in total. The Morgan fingerprint density at radius 1 is 1.54 bits per heavy atom. The zero-order valence-electron chi connectivity index (χ0n) is 6.86. The summed E-state index contributed by atoms with van der Waals surface area (Å²) in [4.78, 5) is 8.45. The second-order valence-corrected chi connectivity index (χ2v) is 3.94. The fourth-order valence-electron chi connectivity index (χ4n) is 1.19. The molecule has 0 unspecified atom stereocenters. The largest absolute Gasteiger partial charge is 0.443 e. The van der Waals surface area contributed by atoms with E-state index < -0.39 is 0 Å². The minimum atomic E-state index is 0.572. The van der Waals surface area contributed by atoms with E-state index in [0.29, 0.717) is 11.8 Å². The molecule has 1 radical (unpaired) electrons. The number of oxazole rings is 1. The van der Waals surface area contributed by atoms with Crippen LogP contribution in [0.4, 0.5) is 0 Å². The molecule has 0 spiro atoms. The highest BCUT2D eigenvalue weighted by molar-refractivity contribution is 7.09. The van der Waals surface area contributed by atoms with Crippen LogP contribution in [0.1, 0.15) is 23.8 Å². The van der Waals surface area contributed by atoms with E-state index in [-0.39, 0.29) is 0 Å². The van der Waals surface area contributed by atoms with Gasteiger partial charge in [0.25, 0.3) is 0 Å². The quantitative estimate of drug-likeness (QED) is 0.732. The molecule has 1 aliphatic carbocycles. The summed E-state index contributed by atoms with van der Waals surface area (Å²) in [5.74, 6) is 1.26. The van der Waals surface area contributed by atoms with Crippen molar-refractivity contribution < 1.29 is 4.42 Å². The molecule has 3 rings (SSSR count). The second kappa shape index (κ2) is 2.67. The van der Waals surface area contributed by atoms with Crippen molar-refractivity contribution in [3.63, 3.8) is 0 Å². The smallest absolute Gasteiger partial charge is 0.246 e. The topological polar surface area (TPSA) is 38.9 Å². The molecular weight excluding hydrogens is 184 g/mol. The molecule has 0 saturated heterocycles. The minimum Gasteiger partial charge on any atom is -0.443 e. The Balaban J connectivity index is 1.97. The third-order valence-corrected chi connectivity index (χ3v) is 2.96. The number of aromatic nitrogens is 2. The van der Waals surface area contributed by atoms with E-state index in [9.17, 15) is 0 Å². The first-order valence-corrected chi connectivity index (χ1v) is 5.03. The van der Waals surface area contributed by atoms with Gasteiger partial charge in [0, 0.05) is 5.92 Å². The summed E-state index contributed by atoms with van der Waals surface area (Å²) >= 11 is 1.58. The van der Waals surface area contributed by atoms with Crippen LogP contribution in [-0.2, 0) is 0 Å². The van der Waals surface area contributed by atoms with Crippen molar-refractivity contribution in [1.82, 2.24) is 9.97 Å². The van der Waals surface area contributed by atoms with Gasteiger partial charge in [0.1, 0.15) is 12.0 Å². The van der Waals surface area contributed by atoms with Crippen molar-refractivity contribution in [2.24, 2.45) is 0 Å². The lowest BCUT2D eigenvalue weighted by molar-refractivity contribution is 0.572. The van der Waals surface area contributed by atoms with Gasteiger partial charge in [-0.25, -0.2) is 9.97 Å². The maximum absolute atomic E-state index is 5.13. The SMILES string of the molecule is [c]1sc(C2CC2)nc1-c1ncco1. The van der Waals surface area contributed by atoms with Crippen molar-refractivity contribution in [2.75, 3.05) is 0 Å². The van der Waals surface area contributed by atoms with Crippen LogP contribution in [0.3, 0.4) is 0 Å². The first kappa shape index (κ1) is 7.26. The first-order chi connectivity index (χ1) is 6.43. The van der Waals surface area contributed by atoms with Gasteiger partial charge in [-0.15, -0.1) is 11.3 Å². The van der Waals surface area contributed by atoms with Crippen LogP contribution in [0.2, 0.25) is 0 Å². The van der Waals surface area contributed by atoms with E-state index in [0.717, 1.165) is 5.69 Å². The van der Waals surface area contributed by atoms with Gasteiger partial charge in [0.15, 0.2) is 0 Å². The molecular formula is C9H7N2OS. The van der Waals surface area contributed by atoms with Gasteiger partial charge in [-0.1, -0.05) is 0 Å². The zero-order chi connectivity index (χ0) is 8.67. The van der Waals surface area contributed by atoms with Gasteiger partial charge >= 0.3 is 0 Å². The highest BCUT2D eigenvalue weighted by Crippen LogP contribution is 2.42. The fourth-order valence-corrected chi connectivity index (χ4v) is 2.07. The Hall–Kier alpha value is -1.16. The zero-order valence-corrected chi connectivity index (χ0v) is 7.67. The van der Waals surface area contributed by atoms with Crippen LogP contribution in [-0.4, -0.2) is 9.97 Å². The highest BCUT2D eigenvalue weighted by Gasteiger charge is 2.27. The van der Waals surface area contributed by atoms with Gasteiger partial charge in [0.2, 0.25) is 5.89 Å². The molecule has 1 fully saturated rings. The van der Waals surface area contributed by atoms with Crippen LogP contribution in [0.5, 0.6) is 0 Å². The molecule has 65 valence electrons. The maximum atomic E-state index is 5.13. The molecule has 4 heteroatoms. The number of hydrogen-bond acceptors (Lipinski definition) is 4. The molecule has 2 aromatic heterocycles. The van der Waals surface area contributed by atoms with Crippen molar-refractivity contribution in [3.8, 4) is 11.6 Å². The van der Waals surface area contributed by atoms with Crippen molar-refractivity contribution in [3.05, 3.63) is 22.8 Å². The molecule has 0 bridgehead atoms. The minimum absolute atomic E-state index is 0.572. The average Bonchev–Trinajstić information content (AvgIpc) is 2.72.